The van der Waals surface area contributed by atoms with Crippen molar-refractivity contribution in [3.05, 3.63) is 18.2 Å². The van der Waals surface area contributed by atoms with Gasteiger partial charge in [0.05, 0.1) is 0 Å². The lowest BCUT2D eigenvalue weighted by Gasteiger charge is -2.06. The van der Waals surface area contributed by atoms with E-state index >= 15 is 0 Å². The number of nitrogen functional groups attached to an aromatic ring is 2. The molecule has 0 amide bonds. The average Bonchev–Trinajstić information content (AvgIpc) is 2.74. The van der Waals surface area contributed by atoms with Gasteiger partial charge in [-0.3, -0.25) is 0 Å². The molecule has 5 N–H and O–H groups in total. The van der Waals surface area contributed by atoms with Crippen LogP contribution in [0.3, 0.4) is 0 Å². The molecule has 3 rings (SSSR count). The van der Waals surface area contributed by atoms with Gasteiger partial charge in [0.1, 0.15) is 0 Å². The van der Waals surface area contributed by atoms with Crippen molar-refractivity contribution >= 4 is 23.5 Å². The van der Waals surface area contributed by atoms with Crippen LogP contribution >= 0.6 is 0 Å². The topological polar surface area (TPSA) is 121 Å². The lowest BCUT2D eigenvalue weighted by molar-refractivity contribution is 0.174. The Morgan fingerprint density at radius 2 is 1.72 bits per heavy atom. The number of nitrogens with one attached hydrogen (secondary N) is 1. The quantitative estimate of drug-likeness (QED) is 0.700. The first-order valence-corrected chi connectivity index (χ1v) is 5.14. The Morgan fingerprint density at radius 3 is 2.50 bits per heavy atom. The molecule has 1 aliphatic rings. The van der Waals surface area contributed by atoms with E-state index in [1.807, 2.05) is 6.07 Å². The predicted molar refractivity (Wildman–Crippen MR) is 64.5 cm³/mol. The van der Waals surface area contributed by atoms with Gasteiger partial charge in [-0.05, 0) is 12.1 Å². The number of hydrogen-bond acceptors (Lipinski definition) is 8. The van der Waals surface area contributed by atoms with Gasteiger partial charge in [0.2, 0.25) is 24.6 Å². The molecule has 2 aromatic rings. The summed E-state index contributed by atoms with van der Waals surface area (Å²) in [6.07, 6.45) is 0. The van der Waals surface area contributed by atoms with Crippen LogP contribution in [0.5, 0.6) is 11.5 Å². The van der Waals surface area contributed by atoms with E-state index in [9.17, 15) is 0 Å². The van der Waals surface area contributed by atoms with Crippen LogP contribution in [0.1, 0.15) is 0 Å². The number of nitrogens with zero attached hydrogens (tertiary/aromatic N) is 3. The highest BCUT2D eigenvalue weighted by Crippen LogP contribution is 2.34. The average molecular weight is 246 g/mol. The molecular formula is C10H10N6O2. The van der Waals surface area contributed by atoms with E-state index in [-0.39, 0.29) is 24.6 Å². The summed E-state index contributed by atoms with van der Waals surface area (Å²) in [6, 6.07) is 5.38. The molecule has 0 radical (unpaired) electrons. The van der Waals surface area contributed by atoms with Gasteiger partial charge < -0.3 is 26.3 Å². The zero-order valence-corrected chi connectivity index (χ0v) is 9.25. The first kappa shape index (κ1) is 10.4. The van der Waals surface area contributed by atoms with Gasteiger partial charge in [0.25, 0.3) is 0 Å². The number of rotatable bonds is 2. The van der Waals surface area contributed by atoms with Crippen LogP contribution in [0, 0.1) is 0 Å². The molecule has 18 heavy (non-hydrogen) atoms. The number of nitrogens with two attached hydrogens (primary N) is 2. The number of benzene rings is 1. The van der Waals surface area contributed by atoms with E-state index < -0.39 is 0 Å². The number of aromatic nitrogens is 3. The summed E-state index contributed by atoms with van der Waals surface area (Å²) >= 11 is 0. The van der Waals surface area contributed by atoms with E-state index in [4.69, 9.17) is 20.9 Å². The summed E-state index contributed by atoms with van der Waals surface area (Å²) < 4.78 is 10.5. The molecule has 0 unspecified atom stereocenters. The maximum atomic E-state index is 5.48. The fourth-order valence-corrected chi connectivity index (χ4v) is 1.57. The van der Waals surface area contributed by atoms with Crippen molar-refractivity contribution < 1.29 is 9.47 Å². The molecule has 0 saturated carbocycles. The normalized spacial score (nSPS) is 12.4. The summed E-state index contributed by atoms with van der Waals surface area (Å²) in [5.74, 6) is 1.76. The summed E-state index contributed by atoms with van der Waals surface area (Å²) in [5, 5.41) is 2.96. The Kier molecular flexibility index (Phi) is 2.26. The second-order valence-corrected chi connectivity index (χ2v) is 3.57. The molecule has 0 fully saturated rings. The molecule has 2 heterocycles. The minimum absolute atomic E-state index is 0.0609. The molecule has 8 heteroatoms. The third kappa shape index (κ3) is 1.90. The van der Waals surface area contributed by atoms with Crippen molar-refractivity contribution in [1.29, 1.82) is 0 Å². The molecule has 8 nitrogen and oxygen atoms in total. The monoisotopic (exact) mass is 246 g/mol. The van der Waals surface area contributed by atoms with Crippen LogP contribution < -0.4 is 26.3 Å². The first-order chi connectivity index (χ1) is 8.70. The standard InChI is InChI=1S/C10H10N6O2/c11-8-14-9(12)16-10(15-8)13-5-1-2-6-7(3-5)18-4-17-6/h1-3H,4H2,(H5,11,12,13,14,15,16). The Hall–Kier alpha value is -2.77. The second-order valence-electron chi connectivity index (χ2n) is 3.57. The van der Waals surface area contributed by atoms with Crippen LogP contribution in [0.2, 0.25) is 0 Å². The van der Waals surface area contributed by atoms with Crippen molar-refractivity contribution in [3.63, 3.8) is 0 Å². The van der Waals surface area contributed by atoms with Crippen LogP contribution in [0.4, 0.5) is 23.5 Å². The fourth-order valence-electron chi connectivity index (χ4n) is 1.57. The highest BCUT2D eigenvalue weighted by Gasteiger charge is 2.13. The third-order valence-electron chi connectivity index (χ3n) is 2.30. The van der Waals surface area contributed by atoms with Gasteiger partial charge in [0, 0.05) is 11.8 Å². The highest BCUT2D eigenvalue weighted by atomic mass is 16.7. The minimum Gasteiger partial charge on any atom is -0.454 e. The Balaban J connectivity index is 1.88. The Labute approximate surface area is 102 Å². The Morgan fingerprint density at radius 1 is 1.00 bits per heavy atom. The van der Waals surface area contributed by atoms with Gasteiger partial charge in [0.15, 0.2) is 11.5 Å². The molecule has 0 atom stereocenters. The van der Waals surface area contributed by atoms with E-state index in [0.717, 1.165) is 5.69 Å². The molecule has 1 aromatic heterocycles. The minimum atomic E-state index is 0.0609. The smallest absolute Gasteiger partial charge is 0.233 e. The lowest BCUT2D eigenvalue weighted by atomic mass is 10.3. The van der Waals surface area contributed by atoms with Crippen molar-refractivity contribution in [3.8, 4) is 11.5 Å². The maximum absolute atomic E-state index is 5.48. The molecule has 0 bridgehead atoms. The summed E-state index contributed by atoms with van der Waals surface area (Å²) in [5.41, 5.74) is 11.7. The zero-order chi connectivity index (χ0) is 12.5. The maximum Gasteiger partial charge on any atom is 0.233 e. The second kappa shape index (κ2) is 3.91. The largest absolute Gasteiger partial charge is 0.454 e. The molecule has 1 aromatic carbocycles. The van der Waals surface area contributed by atoms with E-state index in [1.165, 1.54) is 0 Å². The van der Waals surface area contributed by atoms with E-state index in [2.05, 4.69) is 20.3 Å². The zero-order valence-electron chi connectivity index (χ0n) is 9.25. The first-order valence-electron chi connectivity index (χ1n) is 5.14. The molecule has 92 valence electrons. The van der Waals surface area contributed by atoms with E-state index in [0.29, 0.717) is 11.5 Å². The van der Waals surface area contributed by atoms with Crippen LogP contribution in [0.15, 0.2) is 18.2 Å². The molecule has 0 spiro atoms. The molecule has 0 saturated heterocycles. The lowest BCUT2D eigenvalue weighted by Crippen LogP contribution is -2.06. The van der Waals surface area contributed by atoms with Crippen LogP contribution in [0.25, 0.3) is 0 Å². The predicted octanol–water partition coefficient (Wildman–Crippen LogP) is 0.508. The summed E-state index contributed by atoms with van der Waals surface area (Å²) in [4.78, 5) is 11.5. The van der Waals surface area contributed by atoms with Crippen molar-refractivity contribution in [1.82, 2.24) is 15.0 Å². The number of anilines is 4. The summed E-state index contributed by atoms with van der Waals surface area (Å²) in [7, 11) is 0. The number of ether oxygens (including phenoxy) is 2. The molecular weight excluding hydrogens is 236 g/mol. The van der Waals surface area contributed by atoms with E-state index in [1.54, 1.807) is 12.1 Å². The van der Waals surface area contributed by atoms with Crippen LogP contribution in [-0.4, -0.2) is 21.7 Å². The highest BCUT2D eigenvalue weighted by molar-refractivity contribution is 5.61. The molecule has 0 aliphatic carbocycles. The molecule has 1 aliphatic heterocycles. The van der Waals surface area contributed by atoms with Crippen molar-refractivity contribution in [2.45, 2.75) is 0 Å². The Bertz CT molecular complexity index is 583. The number of hydrogen-bond donors (Lipinski definition) is 3. The van der Waals surface area contributed by atoms with Gasteiger partial charge in [-0.2, -0.15) is 15.0 Å². The fraction of sp³-hybridized carbons (Fsp3) is 0.100. The number of fused-ring (bicyclic) bond motifs is 1. The van der Waals surface area contributed by atoms with Crippen molar-refractivity contribution in [2.75, 3.05) is 23.6 Å². The third-order valence-corrected chi connectivity index (χ3v) is 2.30. The van der Waals surface area contributed by atoms with Crippen molar-refractivity contribution in [2.24, 2.45) is 0 Å². The van der Waals surface area contributed by atoms with Crippen LogP contribution in [-0.2, 0) is 0 Å². The summed E-state index contributed by atoms with van der Waals surface area (Å²) in [6.45, 7) is 0.227. The van der Waals surface area contributed by atoms with Gasteiger partial charge >= 0.3 is 0 Å². The van der Waals surface area contributed by atoms with Gasteiger partial charge in [-0.25, -0.2) is 0 Å². The van der Waals surface area contributed by atoms with Gasteiger partial charge in [-0.15, -0.1) is 0 Å². The SMILES string of the molecule is Nc1nc(N)nc(Nc2ccc3c(c2)OCO3)n1. The van der Waals surface area contributed by atoms with Gasteiger partial charge in [-0.1, -0.05) is 0 Å².